The first kappa shape index (κ1) is 19.3. The third-order valence-electron chi connectivity index (χ3n) is 6.04. The summed E-state index contributed by atoms with van der Waals surface area (Å²) in [5.41, 5.74) is 2.13. The summed E-state index contributed by atoms with van der Waals surface area (Å²) in [6, 6.07) is 14.1. The lowest BCUT2D eigenvalue weighted by molar-refractivity contribution is -0.897. The molecule has 30 heavy (non-hydrogen) atoms. The van der Waals surface area contributed by atoms with E-state index in [4.69, 9.17) is 14.5 Å². The van der Waals surface area contributed by atoms with Crippen LogP contribution in [0.5, 0.6) is 11.5 Å². The first-order valence-electron chi connectivity index (χ1n) is 10.5. The molecule has 1 fully saturated rings. The van der Waals surface area contributed by atoms with Crippen molar-refractivity contribution in [2.75, 3.05) is 26.4 Å². The predicted octanol–water partition coefficient (Wildman–Crippen LogP) is 2.66. The summed E-state index contributed by atoms with van der Waals surface area (Å²) in [5.74, 6) is 2.12. The third-order valence-corrected chi connectivity index (χ3v) is 7.24. The van der Waals surface area contributed by atoms with Crippen LogP contribution in [0.1, 0.15) is 42.3 Å². The van der Waals surface area contributed by atoms with Crippen molar-refractivity contribution >= 4 is 27.5 Å². The topological polar surface area (TPSA) is 64.9 Å². The van der Waals surface area contributed by atoms with E-state index in [1.807, 2.05) is 42.5 Å². The molecule has 2 N–H and O–H groups in total. The highest BCUT2D eigenvalue weighted by molar-refractivity contribution is 7.18. The number of carbonyl (C=O) groups excluding carboxylic acids is 1. The highest BCUT2D eigenvalue weighted by atomic mass is 32.1. The molecule has 3 aromatic rings. The van der Waals surface area contributed by atoms with Crippen molar-refractivity contribution in [2.24, 2.45) is 0 Å². The normalized spacial score (nSPS) is 21.5. The molecule has 5 rings (SSSR count). The van der Waals surface area contributed by atoms with Crippen LogP contribution in [0.4, 0.5) is 0 Å². The van der Waals surface area contributed by atoms with Crippen molar-refractivity contribution in [2.45, 2.75) is 31.7 Å². The molecular weight excluding hydrogens is 398 g/mol. The van der Waals surface area contributed by atoms with Crippen LogP contribution in [0, 0.1) is 0 Å². The molecule has 0 bridgehead atoms. The van der Waals surface area contributed by atoms with Gasteiger partial charge in [-0.1, -0.05) is 18.2 Å². The largest absolute Gasteiger partial charge is 0.454 e. The Bertz CT molecular complexity index is 1030. The SMILES string of the molecule is C[C@H](NC(=O)C[NH+]1CCC(c2nc3ccccc3s2)CC1)c1ccc2c(c1)OCO2. The molecule has 0 radical (unpaired) electrons. The first-order valence-corrected chi connectivity index (χ1v) is 11.4. The maximum absolute atomic E-state index is 12.6. The van der Waals surface area contributed by atoms with Crippen LogP contribution >= 0.6 is 11.3 Å². The number of benzene rings is 2. The van der Waals surface area contributed by atoms with Gasteiger partial charge >= 0.3 is 0 Å². The smallest absolute Gasteiger partial charge is 0.275 e. The number of amides is 1. The number of nitrogens with zero attached hydrogens (tertiary/aromatic N) is 1. The Morgan fingerprint density at radius 3 is 2.83 bits per heavy atom. The van der Waals surface area contributed by atoms with Gasteiger partial charge in [-0.05, 0) is 36.8 Å². The fraction of sp³-hybridized carbons (Fsp3) is 0.391. The maximum atomic E-state index is 12.6. The van der Waals surface area contributed by atoms with Crippen molar-refractivity contribution in [3.05, 3.63) is 53.0 Å². The molecule has 1 atom stereocenters. The quantitative estimate of drug-likeness (QED) is 0.661. The number of rotatable bonds is 5. The minimum Gasteiger partial charge on any atom is -0.454 e. The minimum absolute atomic E-state index is 0.0633. The Balaban J connectivity index is 1.13. The highest BCUT2D eigenvalue weighted by Gasteiger charge is 2.27. The Labute approximate surface area is 179 Å². The zero-order valence-corrected chi connectivity index (χ0v) is 17.8. The van der Waals surface area contributed by atoms with E-state index in [2.05, 4.69) is 23.5 Å². The van der Waals surface area contributed by atoms with Gasteiger partial charge in [-0.15, -0.1) is 11.3 Å². The summed E-state index contributed by atoms with van der Waals surface area (Å²) in [6.07, 6.45) is 2.17. The molecule has 1 saturated heterocycles. The molecule has 0 spiro atoms. The van der Waals surface area contributed by atoms with Crippen LogP contribution in [-0.2, 0) is 4.79 Å². The number of piperidine rings is 1. The molecule has 2 aliphatic rings. The fourth-order valence-corrected chi connectivity index (χ4v) is 5.44. The molecule has 0 aliphatic carbocycles. The number of hydrogen-bond acceptors (Lipinski definition) is 5. The van der Waals surface area contributed by atoms with Gasteiger partial charge in [0.1, 0.15) is 0 Å². The van der Waals surface area contributed by atoms with Gasteiger partial charge < -0.3 is 19.7 Å². The van der Waals surface area contributed by atoms with Crippen LogP contribution < -0.4 is 19.7 Å². The molecule has 1 amide bonds. The molecule has 156 valence electrons. The number of nitrogens with one attached hydrogen (secondary N) is 2. The average Bonchev–Trinajstić information content (AvgIpc) is 3.40. The van der Waals surface area contributed by atoms with Gasteiger partial charge in [-0.2, -0.15) is 0 Å². The minimum atomic E-state index is -0.0633. The lowest BCUT2D eigenvalue weighted by Crippen LogP contribution is -3.14. The molecule has 2 aliphatic heterocycles. The molecular formula is C23H26N3O3S+. The van der Waals surface area contributed by atoms with Gasteiger partial charge in [0.15, 0.2) is 18.0 Å². The van der Waals surface area contributed by atoms with Gasteiger partial charge in [-0.3, -0.25) is 4.79 Å². The van der Waals surface area contributed by atoms with Gasteiger partial charge in [0, 0.05) is 18.8 Å². The van der Waals surface area contributed by atoms with Crippen LogP contribution in [0.15, 0.2) is 42.5 Å². The zero-order chi connectivity index (χ0) is 20.5. The lowest BCUT2D eigenvalue weighted by Gasteiger charge is -2.28. The molecule has 0 unspecified atom stereocenters. The van der Waals surface area contributed by atoms with E-state index in [0.29, 0.717) is 12.5 Å². The van der Waals surface area contributed by atoms with E-state index in [0.717, 1.165) is 48.5 Å². The molecule has 6 nitrogen and oxygen atoms in total. The second-order valence-electron chi connectivity index (χ2n) is 8.12. The van der Waals surface area contributed by atoms with Crippen molar-refractivity contribution in [1.82, 2.24) is 10.3 Å². The molecule has 1 aromatic heterocycles. The number of para-hydroxylation sites is 1. The van der Waals surface area contributed by atoms with E-state index in [1.54, 1.807) is 0 Å². The molecule has 3 heterocycles. The number of ether oxygens (including phenoxy) is 2. The fourth-order valence-electron chi connectivity index (χ4n) is 4.30. The van der Waals surface area contributed by atoms with Crippen molar-refractivity contribution in [3.8, 4) is 11.5 Å². The Kier molecular flexibility index (Phi) is 5.31. The highest BCUT2D eigenvalue weighted by Crippen LogP contribution is 2.34. The maximum Gasteiger partial charge on any atom is 0.275 e. The summed E-state index contributed by atoms with van der Waals surface area (Å²) < 4.78 is 12.1. The van der Waals surface area contributed by atoms with E-state index < -0.39 is 0 Å². The van der Waals surface area contributed by atoms with E-state index in [1.165, 1.54) is 14.6 Å². The standard InChI is InChI=1S/C23H25N3O3S/c1-15(17-6-7-19-20(12-17)29-14-28-19)24-22(27)13-26-10-8-16(9-11-26)23-25-18-4-2-3-5-21(18)30-23/h2-7,12,15-16H,8-11,13-14H2,1H3,(H,24,27)/p+1/t15-/m0/s1. The predicted molar refractivity (Wildman–Crippen MR) is 116 cm³/mol. The first-order chi connectivity index (χ1) is 14.7. The lowest BCUT2D eigenvalue weighted by atomic mass is 9.97. The van der Waals surface area contributed by atoms with E-state index in [-0.39, 0.29) is 18.7 Å². The van der Waals surface area contributed by atoms with Crippen molar-refractivity contribution in [1.29, 1.82) is 0 Å². The van der Waals surface area contributed by atoms with Gasteiger partial charge in [0.05, 0.1) is 34.4 Å². The summed E-state index contributed by atoms with van der Waals surface area (Å²) in [6.45, 7) is 4.79. The van der Waals surface area contributed by atoms with Gasteiger partial charge in [0.25, 0.3) is 5.91 Å². The second-order valence-corrected chi connectivity index (χ2v) is 9.19. The summed E-state index contributed by atoms with van der Waals surface area (Å²) >= 11 is 1.81. The number of likely N-dealkylation sites (tertiary alicyclic amines) is 1. The van der Waals surface area contributed by atoms with E-state index >= 15 is 0 Å². The average molecular weight is 425 g/mol. The van der Waals surface area contributed by atoms with Crippen LogP contribution in [0.3, 0.4) is 0 Å². The molecule has 0 saturated carbocycles. The Hall–Kier alpha value is -2.64. The Morgan fingerprint density at radius 2 is 2.00 bits per heavy atom. The van der Waals surface area contributed by atoms with Crippen LogP contribution in [0.25, 0.3) is 10.2 Å². The Morgan fingerprint density at radius 1 is 1.20 bits per heavy atom. The second kappa shape index (κ2) is 8.24. The van der Waals surface area contributed by atoms with Gasteiger partial charge in [0.2, 0.25) is 6.79 Å². The van der Waals surface area contributed by atoms with E-state index in [9.17, 15) is 4.79 Å². The van der Waals surface area contributed by atoms with Crippen molar-refractivity contribution < 1.29 is 19.2 Å². The number of carbonyl (C=O) groups is 1. The van der Waals surface area contributed by atoms with Crippen LogP contribution in [-0.4, -0.2) is 37.3 Å². The van der Waals surface area contributed by atoms with Crippen LogP contribution in [0.2, 0.25) is 0 Å². The zero-order valence-electron chi connectivity index (χ0n) is 17.0. The van der Waals surface area contributed by atoms with Crippen molar-refractivity contribution in [3.63, 3.8) is 0 Å². The molecule has 2 aromatic carbocycles. The molecule has 7 heteroatoms. The number of aromatic nitrogens is 1. The summed E-state index contributed by atoms with van der Waals surface area (Å²) in [5, 5.41) is 4.38. The summed E-state index contributed by atoms with van der Waals surface area (Å²) in [7, 11) is 0. The van der Waals surface area contributed by atoms with Gasteiger partial charge in [-0.25, -0.2) is 4.98 Å². The third kappa shape index (κ3) is 4.00. The number of fused-ring (bicyclic) bond motifs is 2. The summed E-state index contributed by atoms with van der Waals surface area (Å²) in [4.78, 5) is 18.8. The monoisotopic (exact) mass is 424 g/mol. The number of quaternary nitrogens is 1. The number of hydrogen-bond donors (Lipinski definition) is 2. The number of thiazole rings is 1.